The van der Waals surface area contributed by atoms with Crippen LogP contribution in [0.25, 0.3) is 0 Å². The first-order valence-electron chi connectivity index (χ1n) is 4.91. The van der Waals surface area contributed by atoms with E-state index in [1.54, 1.807) is 0 Å². The lowest BCUT2D eigenvalue weighted by Crippen LogP contribution is -1.95. The highest BCUT2D eigenvalue weighted by atomic mass is 16.2. The molecule has 0 aromatic heterocycles. The van der Waals surface area contributed by atoms with Gasteiger partial charge in [-0.05, 0) is 37.0 Å². The molecule has 1 aromatic rings. The molecule has 0 aliphatic rings. The minimum atomic E-state index is 0.240. The third-order valence-corrected chi connectivity index (χ3v) is 2.10. The predicted molar refractivity (Wildman–Crippen MR) is 58.1 cm³/mol. The van der Waals surface area contributed by atoms with E-state index in [1.165, 1.54) is 16.7 Å². The van der Waals surface area contributed by atoms with Crippen molar-refractivity contribution >= 4 is 0 Å². The van der Waals surface area contributed by atoms with E-state index in [1.807, 2.05) is 19.9 Å². The minimum absolute atomic E-state index is 0.240. The maximum Gasteiger partial charge on any atom is 0.0471 e. The average Bonchev–Trinajstić information content (AvgIpc) is 2.17. The Morgan fingerprint density at radius 2 is 1.77 bits per heavy atom. The highest BCUT2D eigenvalue weighted by Gasteiger charge is 1.98. The second-order valence-corrected chi connectivity index (χ2v) is 2.83. The van der Waals surface area contributed by atoms with Crippen LogP contribution in [0.2, 0.25) is 0 Å². The zero-order valence-electron chi connectivity index (χ0n) is 9.09. The number of rotatable bonds is 2. The Morgan fingerprint density at radius 3 is 2.31 bits per heavy atom. The zero-order chi connectivity index (χ0) is 10.3. The Labute approximate surface area is 81.4 Å². The Kier molecular flexibility index (Phi) is 6.25. The molecule has 0 bridgehead atoms. The normalized spacial score (nSPS) is 9.00. The largest absolute Gasteiger partial charge is 0.396 e. The summed E-state index contributed by atoms with van der Waals surface area (Å²) in [7, 11) is 0. The first-order valence-corrected chi connectivity index (χ1v) is 4.91. The van der Waals surface area contributed by atoms with Crippen molar-refractivity contribution in [2.45, 2.75) is 34.1 Å². The van der Waals surface area contributed by atoms with Gasteiger partial charge in [-0.3, -0.25) is 0 Å². The van der Waals surface area contributed by atoms with Crippen molar-refractivity contribution in [3.05, 3.63) is 34.9 Å². The van der Waals surface area contributed by atoms with E-state index < -0.39 is 0 Å². The Bertz CT molecular complexity index is 241. The van der Waals surface area contributed by atoms with Crippen LogP contribution in [0.5, 0.6) is 0 Å². The summed E-state index contributed by atoms with van der Waals surface area (Å²) in [6.07, 6.45) is 0.771. The highest BCUT2D eigenvalue weighted by molar-refractivity contribution is 5.33. The molecule has 0 aliphatic heterocycles. The molecule has 1 aromatic carbocycles. The lowest BCUT2D eigenvalue weighted by Gasteiger charge is -2.05. The van der Waals surface area contributed by atoms with Gasteiger partial charge in [0.2, 0.25) is 0 Å². The maximum absolute atomic E-state index is 8.74. The molecule has 1 N–H and O–H groups in total. The summed E-state index contributed by atoms with van der Waals surface area (Å²) in [5.74, 6) is 0. The van der Waals surface area contributed by atoms with E-state index in [0.29, 0.717) is 0 Å². The summed E-state index contributed by atoms with van der Waals surface area (Å²) in [4.78, 5) is 0. The van der Waals surface area contributed by atoms with Crippen LogP contribution in [0, 0.1) is 13.8 Å². The van der Waals surface area contributed by atoms with E-state index in [0.717, 1.165) is 6.42 Å². The van der Waals surface area contributed by atoms with E-state index >= 15 is 0 Å². The predicted octanol–water partition coefficient (Wildman–Crippen LogP) is 2.86. The second-order valence-electron chi connectivity index (χ2n) is 2.83. The Morgan fingerprint density at radius 1 is 1.15 bits per heavy atom. The fraction of sp³-hybridized carbons (Fsp3) is 0.500. The standard InChI is InChI=1S/C10H14O.C2H6/c1-8-4-3-5-10(6-7-11)9(8)2;1-2/h3-5,11H,6-7H2,1-2H3;1-2H3. The van der Waals surface area contributed by atoms with Gasteiger partial charge in [-0.15, -0.1) is 0 Å². The molecule has 1 rings (SSSR count). The summed E-state index contributed by atoms with van der Waals surface area (Å²) in [6, 6.07) is 6.20. The first kappa shape index (κ1) is 12.2. The molecule has 0 atom stereocenters. The van der Waals surface area contributed by atoms with Crippen molar-refractivity contribution in [3.8, 4) is 0 Å². The topological polar surface area (TPSA) is 20.2 Å². The van der Waals surface area contributed by atoms with Crippen molar-refractivity contribution in [1.29, 1.82) is 0 Å². The fourth-order valence-electron chi connectivity index (χ4n) is 1.20. The van der Waals surface area contributed by atoms with Gasteiger partial charge in [-0.1, -0.05) is 32.0 Å². The van der Waals surface area contributed by atoms with Crippen LogP contribution in [-0.2, 0) is 6.42 Å². The Hall–Kier alpha value is -0.820. The smallest absolute Gasteiger partial charge is 0.0471 e. The zero-order valence-corrected chi connectivity index (χ0v) is 9.09. The SMILES string of the molecule is CC.Cc1cccc(CCO)c1C. The summed E-state index contributed by atoms with van der Waals surface area (Å²) < 4.78 is 0. The molecule has 0 radical (unpaired) electrons. The summed E-state index contributed by atoms with van der Waals surface area (Å²) in [6.45, 7) is 8.43. The molecule has 0 unspecified atom stereocenters. The van der Waals surface area contributed by atoms with Crippen LogP contribution in [0.1, 0.15) is 30.5 Å². The van der Waals surface area contributed by atoms with Gasteiger partial charge < -0.3 is 5.11 Å². The molecule has 13 heavy (non-hydrogen) atoms. The van der Waals surface area contributed by atoms with Crippen molar-refractivity contribution < 1.29 is 5.11 Å². The molecule has 1 heteroatoms. The monoisotopic (exact) mass is 180 g/mol. The van der Waals surface area contributed by atoms with E-state index in [9.17, 15) is 0 Å². The van der Waals surface area contributed by atoms with Crippen LogP contribution in [0.4, 0.5) is 0 Å². The molecular weight excluding hydrogens is 160 g/mol. The molecule has 1 nitrogen and oxygen atoms in total. The summed E-state index contributed by atoms with van der Waals surface area (Å²) in [5, 5.41) is 8.74. The number of aliphatic hydroxyl groups excluding tert-OH is 1. The molecule has 0 amide bonds. The van der Waals surface area contributed by atoms with Crippen LogP contribution >= 0.6 is 0 Å². The lowest BCUT2D eigenvalue weighted by atomic mass is 10.0. The van der Waals surface area contributed by atoms with Gasteiger partial charge in [0.1, 0.15) is 0 Å². The molecule has 74 valence electrons. The van der Waals surface area contributed by atoms with Crippen molar-refractivity contribution in [1.82, 2.24) is 0 Å². The van der Waals surface area contributed by atoms with Gasteiger partial charge >= 0.3 is 0 Å². The van der Waals surface area contributed by atoms with Crippen molar-refractivity contribution in [2.75, 3.05) is 6.61 Å². The maximum atomic E-state index is 8.74. The molecule has 0 saturated carbocycles. The van der Waals surface area contributed by atoms with Crippen LogP contribution in [0.15, 0.2) is 18.2 Å². The third-order valence-electron chi connectivity index (χ3n) is 2.10. The number of hydrogen-bond donors (Lipinski definition) is 1. The molecule has 0 aliphatic carbocycles. The van der Waals surface area contributed by atoms with Crippen LogP contribution < -0.4 is 0 Å². The van der Waals surface area contributed by atoms with Crippen molar-refractivity contribution in [2.24, 2.45) is 0 Å². The number of hydrogen-bond acceptors (Lipinski definition) is 1. The quantitative estimate of drug-likeness (QED) is 0.742. The first-order chi connectivity index (χ1) is 6.25. The van der Waals surface area contributed by atoms with Crippen molar-refractivity contribution in [3.63, 3.8) is 0 Å². The lowest BCUT2D eigenvalue weighted by molar-refractivity contribution is 0.299. The fourth-order valence-corrected chi connectivity index (χ4v) is 1.20. The molecule has 0 fully saturated rings. The molecule has 0 saturated heterocycles. The van der Waals surface area contributed by atoms with Gasteiger partial charge in [0.05, 0.1) is 0 Å². The molecular formula is C12H20O. The number of aliphatic hydroxyl groups is 1. The summed E-state index contributed by atoms with van der Waals surface area (Å²) >= 11 is 0. The van der Waals surface area contributed by atoms with E-state index in [4.69, 9.17) is 5.11 Å². The van der Waals surface area contributed by atoms with E-state index in [2.05, 4.69) is 26.0 Å². The van der Waals surface area contributed by atoms with Gasteiger partial charge in [0.15, 0.2) is 0 Å². The van der Waals surface area contributed by atoms with E-state index in [-0.39, 0.29) is 6.61 Å². The molecule has 0 spiro atoms. The third kappa shape index (κ3) is 3.60. The number of aryl methyl sites for hydroxylation is 1. The van der Waals surface area contributed by atoms with Gasteiger partial charge in [0.25, 0.3) is 0 Å². The average molecular weight is 180 g/mol. The second kappa shape index (κ2) is 6.67. The van der Waals surface area contributed by atoms with Crippen LogP contribution in [-0.4, -0.2) is 11.7 Å². The molecule has 0 heterocycles. The Balaban J connectivity index is 0.000000671. The summed E-state index contributed by atoms with van der Waals surface area (Å²) in [5.41, 5.74) is 3.87. The minimum Gasteiger partial charge on any atom is -0.396 e. The van der Waals surface area contributed by atoms with Crippen LogP contribution in [0.3, 0.4) is 0 Å². The van der Waals surface area contributed by atoms with Gasteiger partial charge in [0, 0.05) is 6.61 Å². The number of benzene rings is 1. The van der Waals surface area contributed by atoms with Gasteiger partial charge in [-0.25, -0.2) is 0 Å². The van der Waals surface area contributed by atoms with Gasteiger partial charge in [-0.2, -0.15) is 0 Å². The highest BCUT2D eigenvalue weighted by Crippen LogP contribution is 2.12.